The molecule has 0 saturated heterocycles. The van der Waals surface area contributed by atoms with E-state index in [1.165, 1.54) is 7.11 Å². The SMILES string of the molecule is COC(=O)c1c(NC(=O)c2ccc(OC)cc2)c2cc(NC/C=C/c3ccco3)cnc2n1C. The zero-order valence-electron chi connectivity index (χ0n) is 19.0. The highest BCUT2D eigenvalue weighted by Gasteiger charge is 2.25. The van der Waals surface area contributed by atoms with Gasteiger partial charge in [-0.2, -0.15) is 0 Å². The van der Waals surface area contributed by atoms with Crippen LogP contribution in [0.15, 0.2) is 65.4 Å². The van der Waals surface area contributed by atoms with Crippen LogP contribution in [0, 0.1) is 0 Å². The van der Waals surface area contributed by atoms with E-state index in [9.17, 15) is 9.59 Å². The third kappa shape index (κ3) is 4.63. The molecule has 3 aromatic heterocycles. The Morgan fingerprint density at radius 1 is 1.18 bits per heavy atom. The Balaban J connectivity index is 1.64. The number of pyridine rings is 1. The van der Waals surface area contributed by atoms with E-state index in [0.29, 0.717) is 34.6 Å². The van der Waals surface area contributed by atoms with Crippen LogP contribution in [-0.4, -0.2) is 42.2 Å². The quantitative estimate of drug-likeness (QED) is 0.377. The number of ether oxygens (including phenoxy) is 2. The van der Waals surface area contributed by atoms with E-state index in [1.54, 1.807) is 55.5 Å². The Morgan fingerprint density at radius 2 is 1.97 bits per heavy atom. The van der Waals surface area contributed by atoms with E-state index in [0.717, 1.165) is 11.4 Å². The van der Waals surface area contributed by atoms with Gasteiger partial charge in [-0.05, 0) is 48.5 Å². The molecule has 0 spiro atoms. The Morgan fingerprint density at radius 3 is 2.65 bits per heavy atom. The Labute approximate surface area is 196 Å². The third-order valence-electron chi connectivity index (χ3n) is 5.24. The van der Waals surface area contributed by atoms with Crippen LogP contribution in [0.25, 0.3) is 17.1 Å². The molecular weight excluding hydrogens is 436 g/mol. The zero-order chi connectivity index (χ0) is 24.1. The van der Waals surface area contributed by atoms with Crippen molar-refractivity contribution in [3.63, 3.8) is 0 Å². The number of aryl methyl sites for hydroxylation is 1. The number of hydrogen-bond acceptors (Lipinski definition) is 7. The minimum atomic E-state index is -0.582. The molecule has 4 aromatic rings. The van der Waals surface area contributed by atoms with Crippen molar-refractivity contribution < 1.29 is 23.5 Å². The first kappa shape index (κ1) is 22.7. The molecule has 0 radical (unpaired) electrons. The van der Waals surface area contributed by atoms with Crippen LogP contribution >= 0.6 is 0 Å². The van der Waals surface area contributed by atoms with Crippen molar-refractivity contribution in [2.75, 3.05) is 31.4 Å². The van der Waals surface area contributed by atoms with Crippen molar-refractivity contribution in [3.05, 3.63) is 78.0 Å². The molecule has 0 aliphatic carbocycles. The van der Waals surface area contributed by atoms with Crippen molar-refractivity contribution in [1.29, 1.82) is 0 Å². The van der Waals surface area contributed by atoms with Crippen molar-refractivity contribution in [2.24, 2.45) is 7.05 Å². The number of amides is 1. The van der Waals surface area contributed by atoms with Crippen molar-refractivity contribution in [3.8, 4) is 5.75 Å². The molecule has 0 bridgehead atoms. The van der Waals surface area contributed by atoms with Gasteiger partial charge in [-0.3, -0.25) is 4.79 Å². The second-order valence-corrected chi connectivity index (χ2v) is 7.35. The van der Waals surface area contributed by atoms with Crippen LogP contribution in [0.5, 0.6) is 5.75 Å². The van der Waals surface area contributed by atoms with Crippen molar-refractivity contribution in [1.82, 2.24) is 9.55 Å². The number of fused-ring (bicyclic) bond motifs is 1. The van der Waals surface area contributed by atoms with E-state index >= 15 is 0 Å². The molecule has 2 N–H and O–H groups in total. The third-order valence-corrected chi connectivity index (χ3v) is 5.24. The van der Waals surface area contributed by atoms with Gasteiger partial charge in [-0.25, -0.2) is 9.78 Å². The summed E-state index contributed by atoms with van der Waals surface area (Å²) in [6, 6.07) is 12.2. The van der Waals surface area contributed by atoms with Crippen molar-refractivity contribution in [2.45, 2.75) is 0 Å². The number of hydrogen-bond donors (Lipinski definition) is 2. The second kappa shape index (κ2) is 9.95. The number of benzene rings is 1. The molecule has 9 nitrogen and oxygen atoms in total. The maximum Gasteiger partial charge on any atom is 0.356 e. The molecule has 3 heterocycles. The first-order valence-electron chi connectivity index (χ1n) is 10.5. The fourth-order valence-electron chi connectivity index (χ4n) is 3.53. The fourth-order valence-corrected chi connectivity index (χ4v) is 3.53. The first-order valence-corrected chi connectivity index (χ1v) is 10.5. The standard InChI is InChI=1S/C25H24N4O5/c1-29-22(25(31)33-3)21(28-24(30)16-8-10-18(32-2)11-9-16)20-14-17(15-27-23(20)29)26-12-4-6-19-7-5-13-34-19/h4-11,13-15,26H,12H2,1-3H3,(H,28,30)/b6-4+. The maximum absolute atomic E-state index is 13.0. The normalized spacial score (nSPS) is 11.0. The number of aromatic nitrogens is 2. The number of rotatable bonds is 8. The predicted octanol–water partition coefficient (Wildman–Crippen LogP) is 4.34. The number of carbonyl (C=O) groups excluding carboxylic acids is 2. The molecule has 4 rings (SSSR count). The molecule has 9 heteroatoms. The number of esters is 1. The summed E-state index contributed by atoms with van der Waals surface area (Å²) in [5.74, 6) is 0.434. The highest BCUT2D eigenvalue weighted by atomic mass is 16.5. The van der Waals surface area contributed by atoms with Crippen LogP contribution in [0.1, 0.15) is 26.6 Å². The van der Waals surface area contributed by atoms with Gasteiger partial charge in [0.25, 0.3) is 5.91 Å². The second-order valence-electron chi connectivity index (χ2n) is 7.35. The average molecular weight is 460 g/mol. The molecule has 1 amide bonds. The van der Waals surface area contributed by atoms with Crippen LogP contribution in [0.4, 0.5) is 11.4 Å². The van der Waals surface area contributed by atoms with E-state index in [4.69, 9.17) is 13.9 Å². The summed E-state index contributed by atoms with van der Waals surface area (Å²) in [5, 5.41) is 6.72. The summed E-state index contributed by atoms with van der Waals surface area (Å²) < 4.78 is 17.0. The molecule has 0 unspecified atom stereocenters. The van der Waals surface area contributed by atoms with Crippen LogP contribution in [-0.2, 0) is 11.8 Å². The van der Waals surface area contributed by atoms with Crippen LogP contribution in [0.3, 0.4) is 0 Å². The number of anilines is 2. The minimum Gasteiger partial charge on any atom is -0.497 e. The van der Waals surface area contributed by atoms with Crippen molar-refractivity contribution >= 4 is 40.4 Å². The number of methoxy groups -OCH3 is 2. The van der Waals surface area contributed by atoms with Gasteiger partial charge in [0, 0.05) is 24.5 Å². The van der Waals surface area contributed by atoms with E-state index in [-0.39, 0.29) is 11.6 Å². The molecule has 0 fully saturated rings. The molecule has 0 saturated carbocycles. The fraction of sp³-hybridized carbons (Fsp3) is 0.160. The summed E-state index contributed by atoms with van der Waals surface area (Å²) in [6.45, 7) is 0.526. The summed E-state index contributed by atoms with van der Waals surface area (Å²) in [5.41, 5.74) is 2.19. The Bertz CT molecular complexity index is 1340. The summed E-state index contributed by atoms with van der Waals surface area (Å²) in [7, 11) is 4.55. The lowest BCUT2D eigenvalue weighted by Crippen LogP contribution is -2.16. The maximum atomic E-state index is 13.0. The van der Waals surface area contributed by atoms with E-state index in [2.05, 4.69) is 15.6 Å². The lowest BCUT2D eigenvalue weighted by Gasteiger charge is -2.09. The molecule has 1 aromatic carbocycles. The smallest absolute Gasteiger partial charge is 0.356 e. The summed E-state index contributed by atoms with van der Waals surface area (Å²) in [6.07, 6.45) is 7.05. The monoisotopic (exact) mass is 460 g/mol. The zero-order valence-corrected chi connectivity index (χ0v) is 19.0. The number of furan rings is 1. The lowest BCUT2D eigenvalue weighted by molar-refractivity contribution is 0.0591. The number of nitrogens with one attached hydrogen (secondary N) is 2. The highest BCUT2D eigenvalue weighted by Crippen LogP contribution is 2.32. The first-order chi connectivity index (χ1) is 16.5. The predicted molar refractivity (Wildman–Crippen MR) is 129 cm³/mol. The molecule has 0 aliphatic rings. The minimum absolute atomic E-state index is 0.196. The van der Waals surface area contributed by atoms with Gasteiger partial charge in [0.15, 0.2) is 5.69 Å². The van der Waals surface area contributed by atoms with Gasteiger partial charge in [-0.1, -0.05) is 6.08 Å². The number of nitrogens with zero attached hydrogens (tertiary/aromatic N) is 2. The largest absolute Gasteiger partial charge is 0.497 e. The molecule has 174 valence electrons. The van der Waals surface area contributed by atoms with Crippen LogP contribution < -0.4 is 15.4 Å². The Kier molecular flexibility index (Phi) is 6.63. The van der Waals surface area contributed by atoms with Gasteiger partial charge in [0.2, 0.25) is 0 Å². The highest BCUT2D eigenvalue weighted by molar-refractivity contribution is 6.14. The molecular formula is C25H24N4O5. The van der Waals surface area contributed by atoms with Gasteiger partial charge >= 0.3 is 5.97 Å². The topological polar surface area (TPSA) is 108 Å². The molecule has 0 atom stereocenters. The summed E-state index contributed by atoms with van der Waals surface area (Å²) in [4.78, 5) is 30.0. The lowest BCUT2D eigenvalue weighted by atomic mass is 10.2. The van der Waals surface area contributed by atoms with E-state index < -0.39 is 5.97 Å². The van der Waals surface area contributed by atoms with Gasteiger partial charge in [-0.15, -0.1) is 0 Å². The Hall–Kier alpha value is -4.53. The van der Waals surface area contributed by atoms with E-state index in [1.807, 2.05) is 30.4 Å². The summed E-state index contributed by atoms with van der Waals surface area (Å²) >= 11 is 0. The van der Waals surface area contributed by atoms with Gasteiger partial charge in [0.05, 0.1) is 38.1 Å². The van der Waals surface area contributed by atoms with Gasteiger partial charge in [0.1, 0.15) is 17.2 Å². The van der Waals surface area contributed by atoms with Crippen LogP contribution in [0.2, 0.25) is 0 Å². The van der Waals surface area contributed by atoms with Gasteiger partial charge < -0.3 is 29.1 Å². The average Bonchev–Trinajstić information content (AvgIpc) is 3.48. The number of carbonyl (C=O) groups is 2. The molecule has 0 aliphatic heterocycles. The molecule has 34 heavy (non-hydrogen) atoms.